The van der Waals surface area contributed by atoms with Crippen LogP contribution in [-0.2, 0) is 29.2 Å². The summed E-state index contributed by atoms with van der Waals surface area (Å²) in [7, 11) is -2.74. The van der Waals surface area contributed by atoms with Crippen LogP contribution in [0.15, 0.2) is 59.5 Å². The Kier molecular flexibility index (Phi) is 8.40. The summed E-state index contributed by atoms with van der Waals surface area (Å²) in [5, 5.41) is 0. The summed E-state index contributed by atoms with van der Waals surface area (Å²) >= 11 is 0. The summed E-state index contributed by atoms with van der Waals surface area (Å²) in [6, 6.07) is 13.8. The van der Waals surface area contributed by atoms with E-state index in [1.54, 1.807) is 51.1 Å². The normalized spacial score (nSPS) is 13.7. The molecule has 0 aliphatic heterocycles. The molecule has 2 unspecified atom stereocenters. The second-order valence-electron chi connectivity index (χ2n) is 8.21. The second kappa shape index (κ2) is 10.6. The van der Waals surface area contributed by atoms with Crippen LogP contribution in [0.25, 0.3) is 0 Å². The summed E-state index contributed by atoms with van der Waals surface area (Å²) < 4.78 is 40.3. The highest BCUT2D eigenvalue weighted by molar-refractivity contribution is 7.87. The number of esters is 2. The number of rotatable bonds is 9. The minimum Gasteiger partial charge on any atom is -0.469 e. The Bertz CT molecular complexity index is 1010. The Morgan fingerprint density at radius 3 is 2.09 bits per heavy atom. The Morgan fingerprint density at radius 1 is 1.00 bits per heavy atom. The van der Waals surface area contributed by atoms with Gasteiger partial charge in [-0.2, -0.15) is 8.42 Å². The highest BCUT2D eigenvalue weighted by Crippen LogP contribution is 2.32. The number of hydrogen-bond acceptors (Lipinski definition) is 8. The average molecular weight is 464 g/mol. The van der Waals surface area contributed by atoms with Crippen LogP contribution in [-0.4, -0.2) is 39.6 Å². The highest BCUT2D eigenvalue weighted by Gasteiger charge is 2.34. The standard InChI is InChI=1S/C23H29NO7S/c1-23(2,3)30-22(26)21(17(15-24)14-20(25)29-4)16-10-12-18(13-11-16)31-32(27,28)19-8-6-5-7-9-19/h5-13,17,21H,14-15,24H2,1-4H3. The molecule has 0 aliphatic rings. The van der Waals surface area contributed by atoms with Gasteiger partial charge in [0.25, 0.3) is 0 Å². The van der Waals surface area contributed by atoms with Crippen molar-refractivity contribution in [3.8, 4) is 5.75 Å². The fraction of sp³-hybridized carbons (Fsp3) is 0.391. The zero-order valence-electron chi connectivity index (χ0n) is 18.6. The van der Waals surface area contributed by atoms with Crippen molar-refractivity contribution in [1.82, 2.24) is 0 Å². The molecule has 0 radical (unpaired) electrons. The van der Waals surface area contributed by atoms with Crippen LogP contribution in [0.5, 0.6) is 5.75 Å². The number of methoxy groups -OCH3 is 1. The molecule has 0 saturated heterocycles. The molecule has 32 heavy (non-hydrogen) atoms. The minimum absolute atomic E-state index is 0.0250. The van der Waals surface area contributed by atoms with Crippen LogP contribution in [0.4, 0.5) is 0 Å². The predicted octanol–water partition coefficient (Wildman–Crippen LogP) is 3.02. The van der Waals surface area contributed by atoms with Gasteiger partial charge >= 0.3 is 22.1 Å². The molecular weight excluding hydrogens is 434 g/mol. The van der Waals surface area contributed by atoms with Crippen LogP contribution < -0.4 is 9.92 Å². The number of nitrogens with two attached hydrogens (primary N) is 1. The topological polar surface area (TPSA) is 122 Å². The van der Waals surface area contributed by atoms with E-state index in [4.69, 9.17) is 19.4 Å². The van der Waals surface area contributed by atoms with E-state index in [1.165, 1.54) is 31.4 Å². The SMILES string of the molecule is COC(=O)CC(CN)C(C(=O)OC(C)(C)C)c1ccc(OS(=O)(=O)c2ccccc2)cc1. The summed E-state index contributed by atoms with van der Waals surface area (Å²) in [5.74, 6) is -2.38. The first-order valence-electron chi connectivity index (χ1n) is 10.1. The van der Waals surface area contributed by atoms with Crippen molar-refractivity contribution in [1.29, 1.82) is 0 Å². The van der Waals surface area contributed by atoms with Crippen LogP contribution in [0.2, 0.25) is 0 Å². The highest BCUT2D eigenvalue weighted by atomic mass is 32.2. The Morgan fingerprint density at radius 2 is 1.59 bits per heavy atom. The fourth-order valence-electron chi connectivity index (χ4n) is 3.09. The number of carbonyl (C=O) groups is 2. The first-order chi connectivity index (χ1) is 15.0. The molecule has 0 saturated carbocycles. The maximum absolute atomic E-state index is 13.0. The van der Waals surface area contributed by atoms with Crippen molar-refractivity contribution in [2.45, 2.75) is 43.6 Å². The van der Waals surface area contributed by atoms with Gasteiger partial charge in [0.05, 0.1) is 19.4 Å². The molecular formula is C23H29NO7S. The molecule has 0 aromatic heterocycles. The maximum Gasteiger partial charge on any atom is 0.339 e. The summed E-state index contributed by atoms with van der Waals surface area (Å²) in [6.07, 6.45) is -0.0719. The van der Waals surface area contributed by atoms with E-state index in [2.05, 4.69) is 0 Å². The van der Waals surface area contributed by atoms with Gasteiger partial charge in [0, 0.05) is 0 Å². The van der Waals surface area contributed by atoms with Gasteiger partial charge in [-0.15, -0.1) is 0 Å². The van der Waals surface area contributed by atoms with Gasteiger partial charge in [0.2, 0.25) is 0 Å². The molecule has 2 atom stereocenters. The Hall–Kier alpha value is -2.91. The van der Waals surface area contributed by atoms with Gasteiger partial charge in [-0.05, 0) is 63.1 Å². The summed E-state index contributed by atoms with van der Waals surface area (Å²) in [5.41, 5.74) is 5.65. The van der Waals surface area contributed by atoms with E-state index in [1.807, 2.05) is 0 Å². The van der Waals surface area contributed by atoms with Crippen LogP contribution >= 0.6 is 0 Å². The van der Waals surface area contributed by atoms with Crippen molar-refractivity contribution < 1.29 is 31.7 Å². The number of benzene rings is 2. The molecule has 0 heterocycles. The third-order valence-electron chi connectivity index (χ3n) is 4.57. The zero-order chi connectivity index (χ0) is 23.9. The molecule has 0 bridgehead atoms. The maximum atomic E-state index is 13.0. The average Bonchev–Trinajstić information content (AvgIpc) is 2.73. The first kappa shape index (κ1) is 25.4. The Balaban J connectivity index is 2.33. The molecule has 2 aromatic rings. The molecule has 0 amide bonds. The first-order valence-corrected chi connectivity index (χ1v) is 11.5. The second-order valence-corrected chi connectivity index (χ2v) is 9.75. The van der Waals surface area contributed by atoms with E-state index in [0.717, 1.165) is 0 Å². The molecule has 8 nitrogen and oxygen atoms in total. The summed E-state index contributed by atoms with van der Waals surface area (Å²) in [4.78, 5) is 24.8. The number of hydrogen-bond donors (Lipinski definition) is 1. The van der Waals surface area contributed by atoms with Crippen LogP contribution in [0, 0.1) is 5.92 Å². The van der Waals surface area contributed by atoms with Gasteiger partial charge in [-0.1, -0.05) is 30.3 Å². The van der Waals surface area contributed by atoms with Gasteiger partial charge in [0.1, 0.15) is 16.2 Å². The molecule has 0 spiro atoms. The van der Waals surface area contributed by atoms with Gasteiger partial charge < -0.3 is 19.4 Å². The lowest BCUT2D eigenvalue weighted by atomic mass is 9.83. The van der Waals surface area contributed by atoms with Crippen LogP contribution in [0.1, 0.15) is 38.7 Å². The van der Waals surface area contributed by atoms with E-state index in [-0.39, 0.29) is 23.6 Å². The molecule has 2 rings (SSSR count). The molecule has 2 N–H and O–H groups in total. The predicted molar refractivity (Wildman–Crippen MR) is 118 cm³/mol. The lowest BCUT2D eigenvalue weighted by molar-refractivity contribution is -0.158. The van der Waals surface area contributed by atoms with Crippen molar-refractivity contribution in [3.05, 3.63) is 60.2 Å². The fourth-order valence-corrected chi connectivity index (χ4v) is 4.04. The van der Waals surface area contributed by atoms with Crippen molar-refractivity contribution in [2.75, 3.05) is 13.7 Å². The van der Waals surface area contributed by atoms with E-state index >= 15 is 0 Å². The largest absolute Gasteiger partial charge is 0.469 e. The number of ether oxygens (including phenoxy) is 2. The number of carbonyl (C=O) groups excluding carboxylic acids is 2. The smallest absolute Gasteiger partial charge is 0.339 e. The minimum atomic E-state index is -4.00. The van der Waals surface area contributed by atoms with Crippen molar-refractivity contribution in [3.63, 3.8) is 0 Å². The van der Waals surface area contributed by atoms with E-state index in [9.17, 15) is 18.0 Å². The van der Waals surface area contributed by atoms with Gasteiger partial charge in [0.15, 0.2) is 0 Å². The summed E-state index contributed by atoms with van der Waals surface area (Å²) in [6.45, 7) is 5.26. The third kappa shape index (κ3) is 7.06. The lowest BCUT2D eigenvalue weighted by Crippen LogP contribution is -2.35. The molecule has 2 aromatic carbocycles. The molecule has 0 aliphatic carbocycles. The molecule has 9 heteroatoms. The lowest BCUT2D eigenvalue weighted by Gasteiger charge is -2.28. The molecule has 0 fully saturated rings. The van der Waals surface area contributed by atoms with E-state index < -0.39 is 39.5 Å². The van der Waals surface area contributed by atoms with Crippen molar-refractivity contribution in [2.24, 2.45) is 11.7 Å². The quantitative estimate of drug-likeness (QED) is 0.445. The third-order valence-corrected chi connectivity index (χ3v) is 5.83. The Labute approximate surface area is 188 Å². The van der Waals surface area contributed by atoms with E-state index in [0.29, 0.717) is 5.56 Å². The van der Waals surface area contributed by atoms with Gasteiger partial charge in [-0.25, -0.2) is 0 Å². The van der Waals surface area contributed by atoms with Crippen LogP contribution in [0.3, 0.4) is 0 Å². The van der Waals surface area contributed by atoms with Gasteiger partial charge in [-0.3, -0.25) is 9.59 Å². The zero-order valence-corrected chi connectivity index (χ0v) is 19.4. The monoisotopic (exact) mass is 463 g/mol. The molecule has 174 valence electrons. The van der Waals surface area contributed by atoms with Crippen molar-refractivity contribution >= 4 is 22.1 Å².